The molecule has 1 N–H and O–H groups in total. The Hall–Kier alpha value is -0.0800. The molecule has 0 amide bonds. The Morgan fingerprint density at radius 3 is 2.46 bits per heavy atom. The SMILES string of the molecule is CCOCC1(CNC(C)C)CCC1. The summed E-state index contributed by atoms with van der Waals surface area (Å²) < 4.78 is 5.53. The number of nitrogens with one attached hydrogen (secondary N) is 1. The van der Waals surface area contributed by atoms with Crippen molar-refractivity contribution in [1.29, 1.82) is 0 Å². The molecule has 0 spiro atoms. The van der Waals surface area contributed by atoms with Crippen molar-refractivity contribution in [3.05, 3.63) is 0 Å². The van der Waals surface area contributed by atoms with Gasteiger partial charge in [0.15, 0.2) is 0 Å². The Morgan fingerprint density at radius 1 is 1.38 bits per heavy atom. The first kappa shape index (κ1) is 11.0. The molecule has 1 aliphatic carbocycles. The number of hydrogen-bond donors (Lipinski definition) is 1. The van der Waals surface area contributed by atoms with Gasteiger partial charge in [-0.25, -0.2) is 0 Å². The van der Waals surface area contributed by atoms with Gasteiger partial charge in [-0.1, -0.05) is 20.3 Å². The van der Waals surface area contributed by atoms with Crippen molar-refractivity contribution in [3.8, 4) is 0 Å². The van der Waals surface area contributed by atoms with Gasteiger partial charge in [0.05, 0.1) is 6.61 Å². The maximum Gasteiger partial charge on any atom is 0.0534 e. The molecule has 2 heteroatoms. The van der Waals surface area contributed by atoms with Crippen molar-refractivity contribution in [3.63, 3.8) is 0 Å². The summed E-state index contributed by atoms with van der Waals surface area (Å²) in [6, 6.07) is 0.596. The van der Waals surface area contributed by atoms with Gasteiger partial charge in [-0.2, -0.15) is 0 Å². The van der Waals surface area contributed by atoms with Gasteiger partial charge >= 0.3 is 0 Å². The second-order valence-corrected chi connectivity index (χ2v) is 4.53. The molecule has 13 heavy (non-hydrogen) atoms. The highest BCUT2D eigenvalue weighted by Gasteiger charge is 2.36. The summed E-state index contributed by atoms with van der Waals surface area (Å²) in [5.41, 5.74) is 0.472. The zero-order valence-corrected chi connectivity index (χ0v) is 9.23. The van der Waals surface area contributed by atoms with Crippen LogP contribution in [-0.2, 0) is 4.74 Å². The molecule has 0 saturated heterocycles. The normalized spacial score (nSPS) is 20.3. The lowest BCUT2D eigenvalue weighted by Gasteiger charge is -2.42. The van der Waals surface area contributed by atoms with Crippen molar-refractivity contribution in [2.75, 3.05) is 19.8 Å². The van der Waals surface area contributed by atoms with Crippen LogP contribution in [0.4, 0.5) is 0 Å². The minimum atomic E-state index is 0.472. The number of rotatable bonds is 6. The highest BCUT2D eigenvalue weighted by Crippen LogP contribution is 2.40. The Labute approximate surface area is 82.0 Å². The quantitative estimate of drug-likeness (QED) is 0.685. The fraction of sp³-hybridized carbons (Fsp3) is 1.00. The second kappa shape index (κ2) is 4.97. The molecule has 0 aliphatic heterocycles. The summed E-state index contributed by atoms with van der Waals surface area (Å²) in [5.74, 6) is 0. The van der Waals surface area contributed by atoms with Crippen molar-refractivity contribution in [1.82, 2.24) is 5.32 Å². The largest absolute Gasteiger partial charge is 0.381 e. The summed E-state index contributed by atoms with van der Waals surface area (Å²) >= 11 is 0. The van der Waals surface area contributed by atoms with Gasteiger partial charge in [0, 0.05) is 24.6 Å². The molecule has 2 nitrogen and oxygen atoms in total. The molecule has 0 bridgehead atoms. The van der Waals surface area contributed by atoms with Crippen LogP contribution in [0.1, 0.15) is 40.0 Å². The third-order valence-electron chi connectivity index (χ3n) is 2.91. The first-order valence-corrected chi connectivity index (χ1v) is 5.50. The predicted octanol–water partition coefficient (Wildman–Crippen LogP) is 2.19. The molecular formula is C11H23NO. The van der Waals surface area contributed by atoms with Crippen LogP contribution in [0.3, 0.4) is 0 Å². The van der Waals surface area contributed by atoms with Crippen LogP contribution in [0.15, 0.2) is 0 Å². The molecule has 0 atom stereocenters. The van der Waals surface area contributed by atoms with Gasteiger partial charge in [-0.05, 0) is 19.8 Å². The fourth-order valence-electron chi connectivity index (χ4n) is 1.79. The van der Waals surface area contributed by atoms with Crippen molar-refractivity contribution in [2.45, 2.75) is 46.1 Å². The van der Waals surface area contributed by atoms with Gasteiger partial charge < -0.3 is 10.1 Å². The Bertz CT molecular complexity index is 141. The smallest absolute Gasteiger partial charge is 0.0534 e. The maximum absolute atomic E-state index is 5.53. The van der Waals surface area contributed by atoms with Crippen LogP contribution in [0.2, 0.25) is 0 Å². The van der Waals surface area contributed by atoms with E-state index in [1.165, 1.54) is 19.3 Å². The van der Waals surface area contributed by atoms with E-state index in [2.05, 4.69) is 26.1 Å². The van der Waals surface area contributed by atoms with Gasteiger partial charge in [-0.15, -0.1) is 0 Å². The molecule has 0 aromatic rings. The van der Waals surface area contributed by atoms with Crippen molar-refractivity contribution >= 4 is 0 Å². The molecule has 0 radical (unpaired) electrons. The van der Waals surface area contributed by atoms with E-state index in [0.717, 1.165) is 19.8 Å². The minimum absolute atomic E-state index is 0.472. The third kappa shape index (κ3) is 3.28. The molecule has 0 unspecified atom stereocenters. The molecule has 78 valence electrons. The van der Waals surface area contributed by atoms with Crippen LogP contribution in [0.25, 0.3) is 0 Å². The first-order valence-electron chi connectivity index (χ1n) is 5.50. The third-order valence-corrected chi connectivity index (χ3v) is 2.91. The first-order chi connectivity index (χ1) is 6.18. The standard InChI is InChI=1S/C11H23NO/c1-4-13-9-11(6-5-7-11)8-12-10(2)3/h10,12H,4-9H2,1-3H3. The molecule has 0 aromatic carbocycles. The van der Waals surface area contributed by atoms with Gasteiger partial charge in [0.2, 0.25) is 0 Å². The lowest BCUT2D eigenvalue weighted by atomic mass is 9.69. The topological polar surface area (TPSA) is 21.3 Å². The summed E-state index contributed by atoms with van der Waals surface area (Å²) in [6.45, 7) is 9.40. The second-order valence-electron chi connectivity index (χ2n) is 4.53. The van der Waals surface area contributed by atoms with E-state index in [1.54, 1.807) is 0 Å². The Kier molecular flexibility index (Phi) is 4.20. The Morgan fingerprint density at radius 2 is 2.08 bits per heavy atom. The predicted molar refractivity (Wildman–Crippen MR) is 55.9 cm³/mol. The molecular weight excluding hydrogens is 162 g/mol. The monoisotopic (exact) mass is 185 g/mol. The minimum Gasteiger partial charge on any atom is -0.381 e. The van der Waals surface area contributed by atoms with Crippen LogP contribution in [0, 0.1) is 5.41 Å². The van der Waals surface area contributed by atoms with Gasteiger partial charge in [0.1, 0.15) is 0 Å². The van der Waals surface area contributed by atoms with E-state index in [4.69, 9.17) is 4.74 Å². The van der Waals surface area contributed by atoms with E-state index < -0.39 is 0 Å². The zero-order chi connectivity index (χ0) is 9.73. The van der Waals surface area contributed by atoms with Crippen LogP contribution < -0.4 is 5.32 Å². The van der Waals surface area contributed by atoms with Gasteiger partial charge in [0.25, 0.3) is 0 Å². The molecule has 1 aliphatic rings. The average molecular weight is 185 g/mol. The molecule has 0 aromatic heterocycles. The van der Waals surface area contributed by atoms with Crippen molar-refractivity contribution < 1.29 is 4.74 Å². The van der Waals surface area contributed by atoms with E-state index in [9.17, 15) is 0 Å². The van der Waals surface area contributed by atoms with Crippen LogP contribution in [0.5, 0.6) is 0 Å². The lowest BCUT2D eigenvalue weighted by Crippen LogP contribution is -2.45. The van der Waals surface area contributed by atoms with Gasteiger partial charge in [-0.3, -0.25) is 0 Å². The summed E-state index contributed by atoms with van der Waals surface area (Å²) in [4.78, 5) is 0. The lowest BCUT2D eigenvalue weighted by molar-refractivity contribution is -0.00185. The number of hydrogen-bond acceptors (Lipinski definition) is 2. The van der Waals surface area contributed by atoms with E-state index in [1.807, 2.05) is 0 Å². The molecule has 1 fully saturated rings. The van der Waals surface area contributed by atoms with Crippen LogP contribution >= 0.6 is 0 Å². The van der Waals surface area contributed by atoms with Crippen LogP contribution in [-0.4, -0.2) is 25.8 Å². The average Bonchev–Trinajstić information content (AvgIpc) is 2.02. The Balaban J connectivity index is 2.23. The highest BCUT2D eigenvalue weighted by atomic mass is 16.5. The number of ether oxygens (including phenoxy) is 1. The zero-order valence-electron chi connectivity index (χ0n) is 9.23. The summed E-state index contributed by atoms with van der Waals surface area (Å²) in [7, 11) is 0. The van der Waals surface area contributed by atoms with E-state index >= 15 is 0 Å². The molecule has 1 rings (SSSR count). The van der Waals surface area contributed by atoms with Crippen molar-refractivity contribution in [2.24, 2.45) is 5.41 Å². The fourth-order valence-corrected chi connectivity index (χ4v) is 1.79. The maximum atomic E-state index is 5.53. The van der Waals surface area contributed by atoms with E-state index in [0.29, 0.717) is 11.5 Å². The molecule has 0 heterocycles. The molecule has 1 saturated carbocycles. The highest BCUT2D eigenvalue weighted by molar-refractivity contribution is 4.89. The van der Waals surface area contributed by atoms with E-state index in [-0.39, 0.29) is 0 Å². The summed E-state index contributed by atoms with van der Waals surface area (Å²) in [5, 5.41) is 3.52. The summed E-state index contributed by atoms with van der Waals surface area (Å²) in [6.07, 6.45) is 4.06.